The van der Waals surface area contributed by atoms with Crippen LogP contribution in [0.2, 0.25) is 5.02 Å². The molecule has 0 N–H and O–H groups in total. The highest BCUT2D eigenvalue weighted by Crippen LogP contribution is 2.30. The monoisotopic (exact) mass is 492 g/mol. The van der Waals surface area contributed by atoms with Crippen molar-refractivity contribution in [1.82, 2.24) is 18.8 Å². The molecule has 2 aliphatic rings. The first-order chi connectivity index (χ1) is 15.3. The first-order valence-electron chi connectivity index (χ1n) is 10.3. The summed E-state index contributed by atoms with van der Waals surface area (Å²) in [5.74, 6) is 0.599. The van der Waals surface area contributed by atoms with Gasteiger partial charge in [0, 0.05) is 44.2 Å². The average molecular weight is 493 g/mol. The summed E-state index contributed by atoms with van der Waals surface area (Å²) in [6, 6.07) is 6.06. The molecule has 0 radical (unpaired) electrons. The van der Waals surface area contributed by atoms with Gasteiger partial charge in [0.1, 0.15) is 10.7 Å². The van der Waals surface area contributed by atoms with Crippen molar-refractivity contribution in [2.45, 2.75) is 31.2 Å². The fourth-order valence-corrected chi connectivity index (χ4v) is 7.02. The third kappa shape index (κ3) is 3.45. The number of hydrogen-bond donors (Lipinski definition) is 0. The lowest BCUT2D eigenvalue weighted by Crippen LogP contribution is -2.50. The van der Waals surface area contributed by atoms with Crippen LogP contribution in [0.15, 0.2) is 34.0 Å². The molecule has 5 rings (SSSR count). The smallest absolute Gasteiger partial charge is 0.264 e. The van der Waals surface area contributed by atoms with E-state index in [-0.39, 0.29) is 42.5 Å². The first kappa shape index (κ1) is 21.6. The third-order valence-electron chi connectivity index (χ3n) is 6.08. The topological polar surface area (TPSA) is 92.6 Å². The Morgan fingerprint density at radius 1 is 1.09 bits per heavy atom. The van der Waals surface area contributed by atoms with E-state index in [1.165, 1.54) is 27.8 Å². The van der Waals surface area contributed by atoms with E-state index in [2.05, 4.69) is 4.98 Å². The molecule has 4 heterocycles. The van der Waals surface area contributed by atoms with Crippen molar-refractivity contribution >= 4 is 49.1 Å². The van der Waals surface area contributed by atoms with Gasteiger partial charge in [-0.2, -0.15) is 4.31 Å². The zero-order valence-corrected chi connectivity index (χ0v) is 19.8. The summed E-state index contributed by atoms with van der Waals surface area (Å²) >= 11 is 7.11. The van der Waals surface area contributed by atoms with E-state index in [1.54, 1.807) is 28.5 Å². The zero-order chi connectivity index (χ0) is 22.6. The van der Waals surface area contributed by atoms with Gasteiger partial charge in [-0.25, -0.2) is 13.4 Å². The van der Waals surface area contributed by atoms with E-state index in [0.717, 1.165) is 18.7 Å². The van der Waals surface area contributed by atoms with Crippen LogP contribution < -0.4 is 5.56 Å². The van der Waals surface area contributed by atoms with Crippen molar-refractivity contribution in [2.24, 2.45) is 0 Å². The second kappa shape index (κ2) is 7.95. The Bertz CT molecular complexity index is 1390. The fourth-order valence-electron chi connectivity index (χ4n) is 4.31. The number of amides is 1. The van der Waals surface area contributed by atoms with Crippen LogP contribution in [-0.4, -0.2) is 59.3 Å². The summed E-state index contributed by atoms with van der Waals surface area (Å²) in [4.78, 5) is 33.7. The van der Waals surface area contributed by atoms with Crippen molar-refractivity contribution in [3.63, 3.8) is 0 Å². The highest BCUT2D eigenvalue weighted by molar-refractivity contribution is 7.89. The maximum atomic E-state index is 13.2. The Labute approximate surface area is 194 Å². The molecule has 0 bridgehead atoms. The standard InChI is InChI=1S/C21H21ClN4O4S2/c1-13-17-19(23-16-3-2-8-26(16)20(17)27)31-18(13)21(28)24-9-11-25(12-10-24)32(29,30)15-6-4-14(22)5-7-15/h4-7H,2-3,8-12H2,1H3. The van der Waals surface area contributed by atoms with Crippen molar-refractivity contribution in [2.75, 3.05) is 26.2 Å². The summed E-state index contributed by atoms with van der Waals surface area (Å²) in [6.07, 6.45) is 1.68. The molecule has 1 aromatic carbocycles. The number of aromatic nitrogens is 2. The number of carbonyl (C=O) groups is 1. The molecule has 3 aromatic rings. The van der Waals surface area contributed by atoms with E-state index in [1.807, 2.05) is 0 Å². The van der Waals surface area contributed by atoms with Gasteiger partial charge in [0.2, 0.25) is 10.0 Å². The van der Waals surface area contributed by atoms with Gasteiger partial charge in [-0.3, -0.25) is 14.2 Å². The maximum absolute atomic E-state index is 13.2. The molecule has 0 saturated carbocycles. The molecule has 0 unspecified atom stereocenters. The Balaban J connectivity index is 1.36. The SMILES string of the molecule is Cc1c(C(=O)N2CCN(S(=O)(=O)c3ccc(Cl)cc3)CC2)sc2nc3n(c(=O)c12)CCC3. The molecular formula is C21H21ClN4O4S2. The Hall–Kier alpha value is -2.27. The minimum absolute atomic E-state index is 0.0748. The molecule has 8 nitrogen and oxygen atoms in total. The molecule has 168 valence electrons. The van der Waals surface area contributed by atoms with Crippen LogP contribution in [0.4, 0.5) is 0 Å². The molecule has 1 saturated heterocycles. The number of aryl methyl sites for hydroxylation is 2. The molecule has 2 aliphatic heterocycles. The lowest BCUT2D eigenvalue weighted by Gasteiger charge is -2.34. The highest BCUT2D eigenvalue weighted by atomic mass is 35.5. The average Bonchev–Trinajstić information content (AvgIpc) is 3.39. The third-order valence-corrected chi connectivity index (χ3v) is 9.42. The Kier molecular flexibility index (Phi) is 5.36. The number of rotatable bonds is 3. The number of carbonyl (C=O) groups excluding carboxylic acids is 1. The number of hydrogen-bond acceptors (Lipinski definition) is 6. The molecular weight excluding hydrogens is 472 g/mol. The summed E-state index contributed by atoms with van der Waals surface area (Å²) in [5.41, 5.74) is 0.583. The predicted octanol–water partition coefficient (Wildman–Crippen LogP) is 2.51. The van der Waals surface area contributed by atoms with Crippen molar-refractivity contribution in [3.8, 4) is 0 Å². The van der Waals surface area contributed by atoms with E-state index >= 15 is 0 Å². The predicted molar refractivity (Wildman–Crippen MR) is 123 cm³/mol. The molecule has 1 amide bonds. The summed E-state index contributed by atoms with van der Waals surface area (Å²) in [6.45, 7) is 3.42. The second-order valence-electron chi connectivity index (χ2n) is 7.97. The summed E-state index contributed by atoms with van der Waals surface area (Å²) < 4.78 is 28.9. The summed E-state index contributed by atoms with van der Waals surface area (Å²) in [7, 11) is -3.65. The molecule has 0 aliphatic carbocycles. The van der Waals surface area contributed by atoms with Crippen LogP contribution in [0.1, 0.15) is 27.5 Å². The zero-order valence-electron chi connectivity index (χ0n) is 17.4. The van der Waals surface area contributed by atoms with Gasteiger partial charge in [-0.05, 0) is 43.2 Å². The first-order valence-corrected chi connectivity index (χ1v) is 13.0. The molecule has 32 heavy (non-hydrogen) atoms. The number of fused-ring (bicyclic) bond motifs is 2. The van der Waals surface area contributed by atoms with Crippen LogP contribution in [0, 0.1) is 6.92 Å². The molecule has 0 spiro atoms. The van der Waals surface area contributed by atoms with Gasteiger partial charge in [-0.1, -0.05) is 11.6 Å². The lowest BCUT2D eigenvalue weighted by molar-refractivity contribution is 0.0702. The molecule has 11 heteroatoms. The number of thiophene rings is 1. The van der Waals surface area contributed by atoms with Crippen LogP contribution in [0.3, 0.4) is 0 Å². The van der Waals surface area contributed by atoms with Crippen molar-refractivity contribution < 1.29 is 13.2 Å². The number of halogens is 1. The number of nitrogens with zero attached hydrogens (tertiary/aromatic N) is 4. The van der Waals surface area contributed by atoms with Crippen molar-refractivity contribution in [1.29, 1.82) is 0 Å². The van der Waals surface area contributed by atoms with Gasteiger partial charge in [-0.15, -0.1) is 11.3 Å². The minimum Gasteiger partial charge on any atom is -0.335 e. The van der Waals surface area contributed by atoms with Crippen LogP contribution in [0.5, 0.6) is 0 Å². The Morgan fingerprint density at radius 3 is 2.47 bits per heavy atom. The molecule has 1 fully saturated rings. The highest BCUT2D eigenvalue weighted by Gasteiger charge is 2.32. The van der Waals surface area contributed by atoms with E-state index in [0.29, 0.717) is 32.2 Å². The quantitative estimate of drug-likeness (QED) is 0.560. The van der Waals surface area contributed by atoms with Gasteiger partial charge < -0.3 is 4.90 Å². The van der Waals surface area contributed by atoms with Gasteiger partial charge in [0.05, 0.1) is 15.2 Å². The number of sulfonamides is 1. The van der Waals surface area contributed by atoms with Crippen molar-refractivity contribution in [3.05, 3.63) is 55.9 Å². The lowest BCUT2D eigenvalue weighted by atomic mass is 10.2. The molecule has 0 atom stereocenters. The van der Waals surface area contributed by atoms with Crippen LogP contribution in [-0.2, 0) is 23.0 Å². The van der Waals surface area contributed by atoms with E-state index in [4.69, 9.17) is 11.6 Å². The fraction of sp³-hybridized carbons (Fsp3) is 0.381. The number of benzene rings is 1. The Morgan fingerprint density at radius 2 is 1.78 bits per heavy atom. The second-order valence-corrected chi connectivity index (χ2v) is 11.3. The van der Waals surface area contributed by atoms with Gasteiger partial charge >= 0.3 is 0 Å². The largest absolute Gasteiger partial charge is 0.335 e. The number of piperazine rings is 1. The summed E-state index contributed by atoms with van der Waals surface area (Å²) in [5, 5.41) is 0.991. The van der Waals surface area contributed by atoms with Crippen LogP contribution in [0.25, 0.3) is 10.2 Å². The van der Waals surface area contributed by atoms with E-state index < -0.39 is 10.0 Å². The maximum Gasteiger partial charge on any atom is 0.264 e. The van der Waals surface area contributed by atoms with Gasteiger partial charge in [0.15, 0.2) is 0 Å². The van der Waals surface area contributed by atoms with Crippen LogP contribution >= 0.6 is 22.9 Å². The normalized spacial score (nSPS) is 17.1. The minimum atomic E-state index is -3.65. The van der Waals surface area contributed by atoms with Gasteiger partial charge in [0.25, 0.3) is 11.5 Å². The van der Waals surface area contributed by atoms with E-state index in [9.17, 15) is 18.0 Å². The molecule has 2 aromatic heterocycles.